The van der Waals surface area contributed by atoms with E-state index in [0.29, 0.717) is 16.7 Å². The van der Waals surface area contributed by atoms with Gasteiger partial charge in [-0.1, -0.05) is 61.2 Å². The number of hydrogen-bond donors (Lipinski definition) is 1. The summed E-state index contributed by atoms with van der Waals surface area (Å²) >= 11 is 1.58. The van der Waals surface area contributed by atoms with Gasteiger partial charge < -0.3 is 15.0 Å². The molecule has 1 fully saturated rings. The van der Waals surface area contributed by atoms with Crippen LogP contribution in [-0.4, -0.2) is 50.7 Å². The fourth-order valence-electron chi connectivity index (χ4n) is 4.92. The van der Waals surface area contributed by atoms with Gasteiger partial charge in [-0.3, -0.25) is 0 Å². The van der Waals surface area contributed by atoms with Crippen LogP contribution in [0.1, 0.15) is 36.5 Å². The van der Waals surface area contributed by atoms with Gasteiger partial charge in [0.1, 0.15) is 12.1 Å². The van der Waals surface area contributed by atoms with Crippen LogP contribution in [0.2, 0.25) is 0 Å². The number of aromatic nitrogens is 3. The van der Waals surface area contributed by atoms with Crippen LogP contribution in [0, 0.1) is 13.8 Å². The summed E-state index contributed by atoms with van der Waals surface area (Å²) < 4.78 is 42.7. The topological polar surface area (TPSA) is 84.6 Å². The van der Waals surface area contributed by atoms with Crippen molar-refractivity contribution in [3.8, 4) is 22.8 Å². The first-order chi connectivity index (χ1) is 20.5. The van der Waals surface area contributed by atoms with Gasteiger partial charge in [0.2, 0.25) is 0 Å². The van der Waals surface area contributed by atoms with Crippen LogP contribution < -0.4 is 15.0 Å². The zero-order valence-corrected chi connectivity index (χ0v) is 24.9. The van der Waals surface area contributed by atoms with Gasteiger partial charge in [0.25, 0.3) is 0 Å². The molecule has 1 saturated heterocycles. The molecule has 5 rings (SSSR count). The number of ether oxygens (including phenoxy) is 1. The number of para-hydroxylation sites is 1. The third-order valence-electron chi connectivity index (χ3n) is 7.31. The molecule has 1 aromatic heterocycles. The molecule has 1 N–H and O–H groups in total. The Labute approximate surface area is 252 Å². The Morgan fingerprint density at radius 1 is 1.02 bits per heavy atom. The number of nitrogens with one attached hydrogen (secondary N) is 1. The molecular formula is C31H31F3N6O2S. The average Bonchev–Trinajstić information content (AvgIpc) is 3.63. The van der Waals surface area contributed by atoms with E-state index in [2.05, 4.69) is 56.0 Å². The number of urea groups is 1. The first-order valence-corrected chi connectivity index (χ1v) is 14.7. The van der Waals surface area contributed by atoms with Gasteiger partial charge in [-0.15, -0.1) is 18.3 Å². The fraction of sp³-hybridized carbons (Fsp3) is 0.290. The number of carbonyl (C=O) groups is 1. The van der Waals surface area contributed by atoms with Crippen LogP contribution in [0.4, 0.5) is 23.7 Å². The van der Waals surface area contributed by atoms with Crippen LogP contribution in [-0.2, 0) is 0 Å². The van der Waals surface area contributed by atoms with Crippen molar-refractivity contribution < 1.29 is 22.7 Å². The monoisotopic (exact) mass is 608 g/mol. The highest BCUT2D eigenvalue weighted by molar-refractivity contribution is 8.14. The summed E-state index contributed by atoms with van der Waals surface area (Å²) in [6, 6.07) is 18.7. The van der Waals surface area contributed by atoms with E-state index in [1.807, 2.05) is 44.2 Å². The molecule has 0 radical (unpaired) electrons. The van der Waals surface area contributed by atoms with Crippen LogP contribution >= 0.6 is 11.8 Å². The lowest BCUT2D eigenvalue weighted by atomic mass is 9.93. The summed E-state index contributed by atoms with van der Waals surface area (Å²) in [6.07, 6.45) is -3.25. The number of alkyl halides is 3. The summed E-state index contributed by atoms with van der Waals surface area (Å²) in [5.74, 6) is 1.03. The summed E-state index contributed by atoms with van der Waals surface area (Å²) in [6.45, 7) is 8.93. The SMILES string of the molecule is Cc1cccc(C)c1N1CCSC1=NC(=O)NC(C)C(C)c1ccc(-c2ncn(-c3ccc(OC(F)(F)F)cc3)n2)cc1. The van der Waals surface area contributed by atoms with E-state index in [-0.39, 0.29) is 23.7 Å². The molecule has 224 valence electrons. The van der Waals surface area contributed by atoms with E-state index in [0.717, 1.165) is 40.2 Å². The molecule has 0 aliphatic carbocycles. The minimum absolute atomic E-state index is 0.00657. The lowest BCUT2D eigenvalue weighted by Crippen LogP contribution is -2.36. The number of hydrogen-bond acceptors (Lipinski definition) is 5. The normalized spacial score (nSPS) is 15.9. The van der Waals surface area contributed by atoms with Crippen molar-refractivity contribution >= 4 is 28.6 Å². The summed E-state index contributed by atoms with van der Waals surface area (Å²) in [5.41, 5.74) is 5.75. The molecule has 0 bridgehead atoms. The zero-order valence-electron chi connectivity index (χ0n) is 24.1. The molecule has 1 aliphatic heterocycles. The minimum atomic E-state index is -4.75. The Hall–Kier alpha value is -4.32. The maximum Gasteiger partial charge on any atom is 0.573 e. The number of benzene rings is 3. The first-order valence-electron chi connectivity index (χ1n) is 13.7. The predicted octanol–water partition coefficient (Wildman–Crippen LogP) is 7.26. The number of rotatable bonds is 7. The van der Waals surface area contributed by atoms with E-state index in [1.165, 1.54) is 35.3 Å². The van der Waals surface area contributed by atoms with Crippen molar-refractivity contribution in [3.05, 3.63) is 89.7 Å². The van der Waals surface area contributed by atoms with Crippen LogP contribution in [0.5, 0.6) is 5.75 Å². The largest absolute Gasteiger partial charge is 0.573 e. The smallest absolute Gasteiger partial charge is 0.406 e. The second-order valence-corrected chi connectivity index (χ2v) is 11.4. The fourth-order valence-corrected chi connectivity index (χ4v) is 5.86. The molecule has 1 aliphatic rings. The maximum atomic E-state index is 12.9. The quantitative estimate of drug-likeness (QED) is 0.238. The van der Waals surface area contributed by atoms with Gasteiger partial charge >= 0.3 is 12.4 Å². The third-order valence-corrected chi connectivity index (χ3v) is 8.26. The number of thioether (sulfide) groups is 1. The predicted molar refractivity (Wildman–Crippen MR) is 163 cm³/mol. The van der Waals surface area contributed by atoms with E-state index in [1.54, 1.807) is 11.8 Å². The molecule has 2 unspecified atom stereocenters. The highest BCUT2D eigenvalue weighted by atomic mass is 32.2. The second kappa shape index (κ2) is 12.5. The van der Waals surface area contributed by atoms with Crippen molar-refractivity contribution in [2.45, 2.75) is 46.0 Å². The standard InChI is InChI=1S/C31H31F3N6O2S/c1-19-6-5-7-20(2)27(19)39-16-17-43-30(39)37-29(41)36-22(4)21(3)23-8-10-24(11-9-23)28-35-18-40(38-28)25-12-14-26(15-13-25)42-31(32,33)34/h5-15,18,21-22H,16-17H2,1-4H3,(H,36,41). The number of nitrogens with zero attached hydrogens (tertiary/aromatic N) is 5. The Bertz CT molecular complexity index is 1600. The van der Waals surface area contributed by atoms with Gasteiger partial charge in [-0.2, -0.15) is 4.99 Å². The number of amidine groups is 1. The van der Waals surface area contributed by atoms with Crippen LogP contribution in [0.25, 0.3) is 17.1 Å². The van der Waals surface area contributed by atoms with Gasteiger partial charge in [-0.25, -0.2) is 14.5 Å². The second-order valence-electron chi connectivity index (χ2n) is 10.3. The number of halogens is 3. The maximum absolute atomic E-state index is 12.9. The van der Waals surface area contributed by atoms with Gasteiger partial charge in [0.15, 0.2) is 11.0 Å². The van der Waals surface area contributed by atoms with Crippen LogP contribution in [0.3, 0.4) is 0 Å². The summed E-state index contributed by atoms with van der Waals surface area (Å²) in [7, 11) is 0. The molecule has 3 aromatic carbocycles. The van der Waals surface area contributed by atoms with E-state index >= 15 is 0 Å². The highest BCUT2D eigenvalue weighted by Gasteiger charge is 2.31. The Morgan fingerprint density at radius 2 is 1.70 bits per heavy atom. The summed E-state index contributed by atoms with van der Waals surface area (Å²) in [5, 5.41) is 8.19. The van der Waals surface area contributed by atoms with Gasteiger partial charge in [0.05, 0.1) is 5.69 Å². The zero-order chi connectivity index (χ0) is 30.7. The molecular weight excluding hydrogens is 577 g/mol. The van der Waals surface area contributed by atoms with Crippen molar-refractivity contribution in [1.29, 1.82) is 0 Å². The number of amides is 2. The number of anilines is 1. The number of aliphatic imine (C=N–C) groups is 1. The van der Waals surface area contributed by atoms with E-state index in [9.17, 15) is 18.0 Å². The van der Waals surface area contributed by atoms with E-state index < -0.39 is 6.36 Å². The highest BCUT2D eigenvalue weighted by Crippen LogP contribution is 2.31. The van der Waals surface area contributed by atoms with Gasteiger partial charge in [0, 0.05) is 35.5 Å². The van der Waals surface area contributed by atoms with Crippen molar-refractivity contribution in [2.24, 2.45) is 4.99 Å². The molecule has 2 heterocycles. The third kappa shape index (κ3) is 7.19. The Balaban J connectivity index is 1.21. The number of aryl methyl sites for hydroxylation is 2. The molecule has 2 atom stereocenters. The lowest BCUT2D eigenvalue weighted by Gasteiger charge is -2.23. The van der Waals surface area contributed by atoms with Gasteiger partial charge in [-0.05, 0) is 61.7 Å². The molecule has 2 amide bonds. The molecule has 43 heavy (non-hydrogen) atoms. The lowest BCUT2D eigenvalue weighted by molar-refractivity contribution is -0.274. The number of carbonyl (C=O) groups excluding carboxylic acids is 1. The molecule has 8 nitrogen and oxygen atoms in total. The molecule has 12 heteroatoms. The van der Waals surface area contributed by atoms with Crippen molar-refractivity contribution in [1.82, 2.24) is 20.1 Å². The van der Waals surface area contributed by atoms with Crippen LogP contribution in [0.15, 0.2) is 78.0 Å². The molecule has 0 spiro atoms. The van der Waals surface area contributed by atoms with Crippen molar-refractivity contribution in [2.75, 3.05) is 17.2 Å². The molecule has 4 aromatic rings. The minimum Gasteiger partial charge on any atom is -0.406 e. The van der Waals surface area contributed by atoms with E-state index in [4.69, 9.17) is 0 Å². The van der Waals surface area contributed by atoms with Crippen molar-refractivity contribution in [3.63, 3.8) is 0 Å². The Morgan fingerprint density at radius 3 is 2.35 bits per heavy atom. The summed E-state index contributed by atoms with van der Waals surface area (Å²) in [4.78, 5) is 23.8. The Kier molecular flexibility index (Phi) is 8.77. The average molecular weight is 609 g/mol. The molecule has 0 saturated carbocycles. The first kappa shape index (κ1) is 30.1.